The number of nitrogens with one attached hydrogen (secondary N) is 1. The van der Waals surface area contributed by atoms with Crippen LogP contribution in [0, 0.1) is 5.92 Å². The van der Waals surface area contributed by atoms with Gasteiger partial charge in [0, 0.05) is 11.7 Å². The Kier molecular flexibility index (Phi) is 2.82. The lowest BCUT2D eigenvalue weighted by atomic mass is 9.78. The highest BCUT2D eigenvalue weighted by atomic mass is 16.5. The number of hydrogen-bond donors (Lipinski definition) is 1. The van der Waals surface area contributed by atoms with Crippen LogP contribution in [-0.2, 0) is 9.53 Å². The maximum Gasteiger partial charge on any atom is 0.312 e. The fourth-order valence-corrected chi connectivity index (χ4v) is 2.98. The molecule has 1 fully saturated rings. The number of methoxy groups -OCH3 is 1. The summed E-state index contributed by atoms with van der Waals surface area (Å²) in [6.45, 7) is 0. The van der Waals surface area contributed by atoms with Crippen LogP contribution in [0.3, 0.4) is 0 Å². The molecule has 3 rings (SSSR count). The molecule has 2 atom stereocenters. The molecule has 1 aromatic rings. The van der Waals surface area contributed by atoms with Crippen molar-refractivity contribution in [1.29, 1.82) is 0 Å². The van der Waals surface area contributed by atoms with Crippen molar-refractivity contribution < 1.29 is 9.53 Å². The predicted octanol–water partition coefficient (Wildman–Crippen LogP) is 2.84. The fraction of sp³-hybridized carbons (Fsp3) is 0.400. The maximum atomic E-state index is 11.8. The first kappa shape index (κ1) is 11.3. The molecular weight excluding hydrogens is 226 g/mol. The summed E-state index contributed by atoms with van der Waals surface area (Å²) in [4.78, 5) is 11.8. The van der Waals surface area contributed by atoms with Gasteiger partial charge in [0.1, 0.15) is 0 Å². The van der Waals surface area contributed by atoms with Gasteiger partial charge in [-0.25, -0.2) is 0 Å². The second-order valence-electron chi connectivity index (χ2n) is 4.94. The maximum absolute atomic E-state index is 11.8. The third-order valence-corrected chi connectivity index (χ3v) is 3.89. The summed E-state index contributed by atoms with van der Waals surface area (Å²) in [5.74, 6) is -0.179. The van der Waals surface area contributed by atoms with Crippen molar-refractivity contribution in [1.82, 2.24) is 0 Å². The normalized spacial score (nSPS) is 25.3. The highest BCUT2D eigenvalue weighted by Gasteiger charge is 2.34. The Balaban J connectivity index is 2.00. The number of carbonyl (C=O) groups excluding carboxylic acids is 1. The van der Waals surface area contributed by atoms with E-state index in [4.69, 9.17) is 4.74 Å². The zero-order valence-corrected chi connectivity index (χ0v) is 10.5. The van der Waals surface area contributed by atoms with Crippen molar-refractivity contribution in [3.63, 3.8) is 0 Å². The summed E-state index contributed by atoms with van der Waals surface area (Å²) >= 11 is 0. The molecule has 3 heteroatoms. The highest BCUT2D eigenvalue weighted by Crippen LogP contribution is 2.38. The zero-order chi connectivity index (χ0) is 12.5. The number of rotatable bonds is 1. The Morgan fingerprint density at radius 1 is 1.33 bits per heavy atom. The first-order valence-corrected chi connectivity index (χ1v) is 6.44. The van der Waals surface area contributed by atoms with Gasteiger partial charge in [0.2, 0.25) is 0 Å². The molecule has 0 aromatic heterocycles. The molecule has 0 radical (unpaired) electrons. The Hall–Kier alpha value is -1.77. The summed E-state index contributed by atoms with van der Waals surface area (Å²) < 4.78 is 4.92. The molecule has 1 heterocycles. The molecule has 2 unspecified atom stereocenters. The van der Waals surface area contributed by atoms with Gasteiger partial charge in [-0.05, 0) is 36.5 Å². The highest BCUT2D eigenvalue weighted by molar-refractivity contribution is 5.82. The summed E-state index contributed by atoms with van der Waals surface area (Å²) in [7, 11) is 1.47. The molecular formula is C15H17NO2. The molecule has 0 saturated heterocycles. The van der Waals surface area contributed by atoms with E-state index in [2.05, 4.69) is 23.5 Å². The number of para-hydroxylation sites is 1. The number of esters is 1. The molecule has 1 aromatic carbocycles. The van der Waals surface area contributed by atoms with Gasteiger partial charge in [-0.2, -0.15) is 0 Å². The van der Waals surface area contributed by atoms with Crippen molar-refractivity contribution in [2.75, 3.05) is 12.4 Å². The van der Waals surface area contributed by atoms with Crippen LogP contribution < -0.4 is 5.32 Å². The number of ether oxygens (including phenoxy) is 1. The second kappa shape index (κ2) is 4.48. The largest absolute Gasteiger partial charge is 0.469 e. The van der Waals surface area contributed by atoms with Crippen molar-refractivity contribution >= 4 is 17.7 Å². The lowest BCUT2D eigenvalue weighted by molar-refractivity contribution is -0.144. The van der Waals surface area contributed by atoms with Gasteiger partial charge in [0.25, 0.3) is 0 Å². The van der Waals surface area contributed by atoms with E-state index in [0.717, 1.165) is 24.9 Å². The van der Waals surface area contributed by atoms with Crippen LogP contribution in [0.5, 0.6) is 0 Å². The number of hydrogen-bond acceptors (Lipinski definition) is 3. The lowest BCUT2D eigenvalue weighted by Crippen LogP contribution is -2.36. The number of anilines is 1. The summed E-state index contributed by atoms with van der Waals surface area (Å²) in [5.41, 5.74) is 3.52. The van der Waals surface area contributed by atoms with E-state index in [1.165, 1.54) is 18.2 Å². The first-order chi connectivity index (χ1) is 8.79. The van der Waals surface area contributed by atoms with Gasteiger partial charge in [-0.3, -0.25) is 4.79 Å². The van der Waals surface area contributed by atoms with E-state index in [0.29, 0.717) is 0 Å². The average Bonchev–Trinajstić information content (AvgIpc) is 2.43. The van der Waals surface area contributed by atoms with Gasteiger partial charge >= 0.3 is 5.97 Å². The first-order valence-electron chi connectivity index (χ1n) is 6.44. The molecule has 1 saturated carbocycles. The molecule has 0 amide bonds. The van der Waals surface area contributed by atoms with E-state index < -0.39 is 0 Å². The minimum Gasteiger partial charge on any atom is -0.469 e. The summed E-state index contributed by atoms with van der Waals surface area (Å²) in [5, 5.41) is 3.53. The lowest BCUT2D eigenvalue weighted by Gasteiger charge is -2.35. The fourth-order valence-electron chi connectivity index (χ4n) is 2.98. The molecule has 94 valence electrons. The molecule has 1 N–H and O–H groups in total. The van der Waals surface area contributed by atoms with Crippen LogP contribution in [0.25, 0.3) is 6.08 Å². The predicted molar refractivity (Wildman–Crippen MR) is 71.2 cm³/mol. The Morgan fingerprint density at radius 3 is 3.00 bits per heavy atom. The van der Waals surface area contributed by atoms with Crippen LogP contribution >= 0.6 is 0 Å². The van der Waals surface area contributed by atoms with Crippen LogP contribution in [0.1, 0.15) is 24.8 Å². The number of fused-ring (bicyclic) bond motifs is 2. The minimum atomic E-state index is -0.105. The van der Waals surface area contributed by atoms with Crippen LogP contribution in [-0.4, -0.2) is 19.1 Å². The van der Waals surface area contributed by atoms with E-state index in [9.17, 15) is 4.79 Å². The van der Waals surface area contributed by atoms with E-state index in [1.807, 2.05) is 12.1 Å². The smallest absolute Gasteiger partial charge is 0.312 e. The number of benzene rings is 1. The topological polar surface area (TPSA) is 38.3 Å². The van der Waals surface area contributed by atoms with Gasteiger partial charge in [-0.15, -0.1) is 0 Å². The standard InChI is InChI=1S/C15H17NO2/c1-18-15(17)11-6-4-8-14-12(11)9-10-5-2-3-7-13(10)16-14/h2-3,5,7,9,11,14,16H,4,6,8H2,1H3. The van der Waals surface area contributed by atoms with E-state index >= 15 is 0 Å². The Labute approximate surface area is 107 Å². The number of carbonyl (C=O) groups is 1. The average molecular weight is 243 g/mol. The molecule has 2 aliphatic rings. The second-order valence-corrected chi connectivity index (χ2v) is 4.94. The molecule has 1 aliphatic carbocycles. The molecule has 18 heavy (non-hydrogen) atoms. The monoisotopic (exact) mass is 243 g/mol. The third kappa shape index (κ3) is 1.80. The van der Waals surface area contributed by atoms with Crippen molar-refractivity contribution in [2.45, 2.75) is 25.3 Å². The Morgan fingerprint density at radius 2 is 2.17 bits per heavy atom. The van der Waals surface area contributed by atoms with Crippen molar-refractivity contribution in [3.05, 3.63) is 35.4 Å². The molecule has 1 aliphatic heterocycles. The van der Waals surface area contributed by atoms with Crippen LogP contribution in [0.15, 0.2) is 29.8 Å². The van der Waals surface area contributed by atoms with E-state index in [1.54, 1.807) is 0 Å². The van der Waals surface area contributed by atoms with Crippen molar-refractivity contribution in [2.24, 2.45) is 5.92 Å². The van der Waals surface area contributed by atoms with Crippen molar-refractivity contribution in [3.8, 4) is 0 Å². The molecule has 0 bridgehead atoms. The van der Waals surface area contributed by atoms with Gasteiger partial charge < -0.3 is 10.1 Å². The minimum absolute atomic E-state index is 0.0744. The molecule has 3 nitrogen and oxygen atoms in total. The van der Waals surface area contributed by atoms with Gasteiger partial charge in [0.05, 0.1) is 13.0 Å². The van der Waals surface area contributed by atoms with Gasteiger partial charge in [-0.1, -0.05) is 24.3 Å². The van der Waals surface area contributed by atoms with Crippen LogP contribution in [0.4, 0.5) is 5.69 Å². The quantitative estimate of drug-likeness (QED) is 0.771. The van der Waals surface area contributed by atoms with Gasteiger partial charge in [0.15, 0.2) is 0 Å². The third-order valence-electron chi connectivity index (χ3n) is 3.89. The SMILES string of the molecule is COC(=O)C1CCCC2Nc3ccccc3C=C21. The summed E-state index contributed by atoms with van der Waals surface area (Å²) in [6.07, 6.45) is 5.22. The zero-order valence-electron chi connectivity index (χ0n) is 10.5. The Bertz CT molecular complexity index is 507. The van der Waals surface area contributed by atoms with E-state index in [-0.39, 0.29) is 17.9 Å². The van der Waals surface area contributed by atoms with Crippen LogP contribution in [0.2, 0.25) is 0 Å². The molecule has 0 spiro atoms. The summed E-state index contributed by atoms with van der Waals surface area (Å²) in [6, 6.07) is 8.51.